The summed E-state index contributed by atoms with van der Waals surface area (Å²) in [6.45, 7) is 3.42. The summed E-state index contributed by atoms with van der Waals surface area (Å²) in [6, 6.07) is 7.05. The highest BCUT2D eigenvalue weighted by Crippen LogP contribution is 2.29. The van der Waals surface area contributed by atoms with E-state index in [-0.39, 0.29) is 6.10 Å². The van der Waals surface area contributed by atoms with Crippen LogP contribution in [-0.4, -0.2) is 64.2 Å². The highest BCUT2D eigenvalue weighted by atomic mass is 16.5. The van der Waals surface area contributed by atoms with Gasteiger partial charge in [0.25, 0.3) is 0 Å². The molecule has 2 aromatic heterocycles. The number of benzene rings is 1. The van der Waals surface area contributed by atoms with Gasteiger partial charge < -0.3 is 15.2 Å². The standard InChI is InChI=1S/C23H26N6O3/c1-31-10-6-20-27-12-16(13-28-20)14-29-9-11-32-19(15-29)22-21(25-7-8-26-22)17-2-4-18(5-3-17)23(24)30/h2-5,7-8,12-13,19H,6,9-11,14-15H2,1H3,(H2,24,30)/t19-/m0/s1. The van der Waals surface area contributed by atoms with Gasteiger partial charge in [0.05, 0.1) is 24.6 Å². The van der Waals surface area contributed by atoms with Crippen molar-refractivity contribution in [3.63, 3.8) is 0 Å². The average molecular weight is 435 g/mol. The molecule has 2 N–H and O–H groups in total. The van der Waals surface area contributed by atoms with Crippen molar-refractivity contribution in [2.45, 2.75) is 19.1 Å². The second-order valence-corrected chi connectivity index (χ2v) is 7.58. The maximum Gasteiger partial charge on any atom is 0.248 e. The number of carbonyl (C=O) groups excluding carboxylic acids is 1. The van der Waals surface area contributed by atoms with Crippen LogP contribution in [0.25, 0.3) is 11.3 Å². The van der Waals surface area contributed by atoms with Crippen molar-refractivity contribution in [3.8, 4) is 11.3 Å². The van der Waals surface area contributed by atoms with Gasteiger partial charge in [-0.1, -0.05) is 12.1 Å². The van der Waals surface area contributed by atoms with Crippen molar-refractivity contribution in [3.05, 3.63) is 71.7 Å². The Labute approximate surface area is 186 Å². The summed E-state index contributed by atoms with van der Waals surface area (Å²) >= 11 is 0. The molecule has 3 heterocycles. The normalized spacial score (nSPS) is 16.7. The number of aromatic nitrogens is 4. The predicted octanol–water partition coefficient (Wildman–Crippen LogP) is 1.79. The Hall–Kier alpha value is -3.27. The number of primary amides is 1. The second kappa shape index (κ2) is 10.4. The minimum absolute atomic E-state index is 0.217. The van der Waals surface area contributed by atoms with Crippen molar-refractivity contribution in [1.29, 1.82) is 0 Å². The van der Waals surface area contributed by atoms with E-state index in [1.165, 1.54) is 0 Å². The van der Waals surface area contributed by atoms with E-state index in [9.17, 15) is 4.79 Å². The van der Waals surface area contributed by atoms with E-state index in [1.807, 2.05) is 24.5 Å². The number of morpholine rings is 1. The number of rotatable bonds is 8. The molecule has 9 nitrogen and oxygen atoms in total. The number of nitrogens with zero attached hydrogens (tertiary/aromatic N) is 5. The monoisotopic (exact) mass is 434 g/mol. The number of carbonyl (C=O) groups is 1. The molecule has 1 aromatic carbocycles. The number of hydrogen-bond donors (Lipinski definition) is 1. The van der Waals surface area contributed by atoms with E-state index < -0.39 is 5.91 Å². The van der Waals surface area contributed by atoms with Gasteiger partial charge >= 0.3 is 0 Å². The number of nitrogens with two attached hydrogens (primary N) is 1. The molecule has 0 bridgehead atoms. The molecule has 1 aliphatic heterocycles. The zero-order valence-electron chi connectivity index (χ0n) is 18.0. The maximum absolute atomic E-state index is 11.4. The van der Waals surface area contributed by atoms with E-state index in [2.05, 4.69) is 24.8 Å². The highest BCUT2D eigenvalue weighted by molar-refractivity contribution is 5.93. The van der Waals surface area contributed by atoms with Gasteiger partial charge in [-0.2, -0.15) is 0 Å². The van der Waals surface area contributed by atoms with Crippen LogP contribution in [0.1, 0.15) is 33.5 Å². The summed E-state index contributed by atoms with van der Waals surface area (Å²) in [5.41, 5.74) is 9.22. The first-order chi connectivity index (χ1) is 15.6. The molecule has 0 radical (unpaired) electrons. The van der Waals surface area contributed by atoms with Crippen LogP contribution in [-0.2, 0) is 22.4 Å². The molecule has 1 atom stereocenters. The third-order valence-corrected chi connectivity index (χ3v) is 5.32. The third-order valence-electron chi connectivity index (χ3n) is 5.32. The van der Waals surface area contributed by atoms with Crippen LogP contribution in [0.2, 0.25) is 0 Å². The smallest absolute Gasteiger partial charge is 0.248 e. The topological polar surface area (TPSA) is 116 Å². The lowest BCUT2D eigenvalue weighted by atomic mass is 10.0. The van der Waals surface area contributed by atoms with E-state index >= 15 is 0 Å². The molecule has 9 heteroatoms. The van der Waals surface area contributed by atoms with Gasteiger partial charge in [-0.15, -0.1) is 0 Å². The van der Waals surface area contributed by atoms with Crippen LogP contribution >= 0.6 is 0 Å². The molecule has 3 aromatic rings. The Kier molecular flexibility index (Phi) is 7.10. The van der Waals surface area contributed by atoms with Crippen molar-refractivity contribution in [1.82, 2.24) is 24.8 Å². The Morgan fingerprint density at radius 3 is 2.62 bits per heavy atom. The molecule has 1 amide bonds. The van der Waals surface area contributed by atoms with Gasteiger partial charge in [-0.05, 0) is 12.1 Å². The van der Waals surface area contributed by atoms with Gasteiger partial charge in [0.1, 0.15) is 11.9 Å². The molecular formula is C23H26N6O3. The maximum atomic E-state index is 11.4. The molecule has 4 rings (SSSR count). The first-order valence-corrected chi connectivity index (χ1v) is 10.5. The number of ether oxygens (including phenoxy) is 2. The Bertz CT molecular complexity index is 1040. The quantitative estimate of drug-likeness (QED) is 0.570. The molecule has 1 aliphatic rings. The van der Waals surface area contributed by atoms with Crippen LogP contribution in [0.3, 0.4) is 0 Å². The van der Waals surface area contributed by atoms with Crippen molar-refractivity contribution in [2.75, 3.05) is 33.4 Å². The van der Waals surface area contributed by atoms with E-state index in [0.29, 0.717) is 31.7 Å². The van der Waals surface area contributed by atoms with Gasteiger partial charge in [0, 0.05) is 74.6 Å². The fourth-order valence-electron chi connectivity index (χ4n) is 3.65. The molecule has 1 saturated heterocycles. The molecule has 1 fully saturated rings. The van der Waals surface area contributed by atoms with Gasteiger partial charge in [0.2, 0.25) is 5.91 Å². The van der Waals surface area contributed by atoms with Crippen LogP contribution in [0.4, 0.5) is 0 Å². The highest BCUT2D eigenvalue weighted by Gasteiger charge is 2.26. The second-order valence-electron chi connectivity index (χ2n) is 7.58. The lowest BCUT2D eigenvalue weighted by molar-refractivity contribution is -0.0349. The minimum Gasteiger partial charge on any atom is -0.384 e. The first-order valence-electron chi connectivity index (χ1n) is 10.5. The van der Waals surface area contributed by atoms with Crippen molar-refractivity contribution >= 4 is 5.91 Å². The molecule has 0 aliphatic carbocycles. The number of hydrogen-bond acceptors (Lipinski definition) is 8. The lowest BCUT2D eigenvalue weighted by Gasteiger charge is -2.33. The Morgan fingerprint density at radius 1 is 1.16 bits per heavy atom. The molecule has 166 valence electrons. The SMILES string of the molecule is COCCc1ncc(CN2CCO[C@H](c3nccnc3-c3ccc(C(N)=O)cc3)C2)cn1. The number of amides is 1. The van der Waals surface area contributed by atoms with Gasteiger partial charge in [-0.3, -0.25) is 19.7 Å². The van der Waals surface area contributed by atoms with Crippen molar-refractivity contribution in [2.24, 2.45) is 5.73 Å². The van der Waals surface area contributed by atoms with E-state index in [0.717, 1.165) is 41.4 Å². The third kappa shape index (κ3) is 5.31. The van der Waals surface area contributed by atoms with E-state index in [4.69, 9.17) is 15.2 Å². The van der Waals surface area contributed by atoms with Crippen molar-refractivity contribution < 1.29 is 14.3 Å². The largest absolute Gasteiger partial charge is 0.384 e. The summed E-state index contributed by atoms with van der Waals surface area (Å²) in [7, 11) is 1.67. The Balaban J connectivity index is 1.47. The van der Waals surface area contributed by atoms with Crippen LogP contribution < -0.4 is 5.73 Å². The molecular weight excluding hydrogens is 408 g/mol. The lowest BCUT2D eigenvalue weighted by Crippen LogP contribution is -2.38. The van der Waals surface area contributed by atoms with Crippen LogP contribution in [0.5, 0.6) is 0 Å². The first kappa shape index (κ1) is 21.9. The summed E-state index contributed by atoms with van der Waals surface area (Å²) in [4.78, 5) is 31.6. The minimum atomic E-state index is -0.460. The van der Waals surface area contributed by atoms with Crippen LogP contribution in [0, 0.1) is 0 Å². The van der Waals surface area contributed by atoms with Gasteiger partial charge in [0.15, 0.2) is 0 Å². The fourth-order valence-corrected chi connectivity index (χ4v) is 3.65. The molecule has 0 spiro atoms. The predicted molar refractivity (Wildman–Crippen MR) is 118 cm³/mol. The van der Waals surface area contributed by atoms with Crippen LogP contribution in [0.15, 0.2) is 49.1 Å². The summed E-state index contributed by atoms with van der Waals surface area (Å²) in [5.74, 6) is 0.319. The zero-order chi connectivity index (χ0) is 22.3. The summed E-state index contributed by atoms with van der Waals surface area (Å²) in [6.07, 6.45) is 7.56. The summed E-state index contributed by atoms with van der Waals surface area (Å²) < 4.78 is 11.1. The number of methoxy groups -OCH3 is 1. The Morgan fingerprint density at radius 2 is 1.91 bits per heavy atom. The molecule has 32 heavy (non-hydrogen) atoms. The fraction of sp³-hybridized carbons (Fsp3) is 0.348. The average Bonchev–Trinajstić information content (AvgIpc) is 2.84. The zero-order valence-corrected chi connectivity index (χ0v) is 18.0. The van der Waals surface area contributed by atoms with Gasteiger partial charge in [-0.25, -0.2) is 9.97 Å². The molecule has 0 unspecified atom stereocenters. The molecule has 0 saturated carbocycles. The summed E-state index contributed by atoms with van der Waals surface area (Å²) in [5, 5.41) is 0. The van der Waals surface area contributed by atoms with E-state index in [1.54, 1.807) is 31.6 Å².